The molecule has 1 saturated carbocycles. The van der Waals surface area contributed by atoms with Gasteiger partial charge in [0.05, 0.1) is 5.56 Å². The van der Waals surface area contributed by atoms with E-state index in [4.69, 9.17) is 0 Å². The smallest absolute Gasteiger partial charge is 0.331 e. The van der Waals surface area contributed by atoms with Crippen molar-refractivity contribution in [3.8, 4) is 0 Å². The van der Waals surface area contributed by atoms with E-state index in [-0.39, 0.29) is 17.5 Å². The molecule has 0 atom stereocenters. The Hall–Kier alpha value is -2.37. The first-order valence-electron chi connectivity index (χ1n) is 7.32. The van der Waals surface area contributed by atoms with Gasteiger partial charge in [0.2, 0.25) is 0 Å². The number of pyridine rings is 1. The Balaban J connectivity index is 1.84. The highest BCUT2D eigenvalue weighted by Crippen LogP contribution is 2.32. The number of halogens is 3. The van der Waals surface area contributed by atoms with Crippen LogP contribution in [0.1, 0.15) is 34.3 Å². The molecule has 0 bridgehead atoms. The number of carbonyl (C=O) groups is 1. The lowest BCUT2D eigenvalue weighted by Gasteiger charge is -2.23. The van der Waals surface area contributed by atoms with Crippen LogP contribution in [0.3, 0.4) is 0 Å². The molecule has 0 spiro atoms. The third kappa shape index (κ3) is 3.70. The van der Waals surface area contributed by atoms with Gasteiger partial charge in [-0.3, -0.25) is 9.78 Å². The van der Waals surface area contributed by atoms with E-state index < -0.39 is 11.7 Å². The van der Waals surface area contributed by atoms with Crippen LogP contribution in [0, 0.1) is 0 Å². The largest absolute Gasteiger partial charge is 0.416 e. The predicted octanol–water partition coefficient (Wildman–Crippen LogP) is 3.91. The van der Waals surface area contributed by atoms with Gasteiger partial charge in [-0.15, -0.1) is 0 Å². The van der Waals surface area contributed by atoms with Crippen molar-refractivity contribution in [3.63, 3.8) is 0 Å². The second-order valence-electron chi connectivity index (χ2n) is 5.60. The molecule has 1 fully saturated rings. The van der Waals surface area contributed by atoms with E-state index in [9.17, 15) is 18.0 Å². The summed E-state index contributed by atoms with van der Waals surface area (Å²) in [6.07, 6.45) is 0.585. The van der Waals surface area contributed by atoms with Crippen molar-refractivity contribution in [1.29, 1.82) is 0 Å². The highest BCUT2D eigenvalue weighted by molar-refractivity contribution is 5.94. The van der Waals surface area contributed by atoms with Crippen molar-refractivity contribution in [2.45, 2.75) is 31.6 Å². The van der Waals surface area contributed by atoms with E-state index in [1.807, 2.05) is 0 Å². The minimum absolute atomic E-state index is 0.0702. The van der Waals surface area contributed by atoms with E-state index in [2.05, 4.69) is 4.98 Å². The first kappa shape index (κ1) is 15.5. The van der Waals surface area contributed by atoms with Crippen LogP contribution in [-0.4, -0.2) is 21.8 Å². The number of amides is 1. The number of carbonyl (C=O) groups excluding carboxylic acids is 1. The van der Waals surface area contributed by atoms with Crippen molar-refractivity contribution in [3.05, 3.63) is 65.5 Å². The highest BCUT2D eigenvalue weighted by Gasteiger charge is 2.35. The lowest BCUT2D eigenvalue weighted by atomic mass is 10.1. The molecule has 0 radical (unpaired) electrons. The second kappa shape index (κ2) is 6.02. The standard InChI is InChI=1S/C17H15F3N2O/c18-17(19,20)14-3-1-2-13(10-14)16(23)22(15-4-5-15)11-12-6-8-21-9-7-12/h1-3,6-10,15H,4-5,11H2. The topological polar surface area (TPSA) is 33.2 Å². The third-order valence-electron chi connectivity index (χ3n) is 3.79. The quantitative estimate of drug-likeness (QED) is 0.856. The van der Waals surface area contributed by atoms with Crippen LogP contribution in [0.4, 0.5) is 13.2 Å². The number of nitrogens with zero attached hydrogens (tertiary/aromatic N) is 2. The SMILES string of the molecule is O=C(c1cccc(C(F)(F)F)c1)N(Cc1ccncc1)C1CC1. The number of aromatic nitrogens is 1. The molecule has 0 saturated heterocycles. The molecule has 3 rings (SSSR count). The predicted molar refractivity (Wildman–Crippen MR) is 78.6 cm³/mol. The Kier molecular flexibility index (Phi) is 4.07. The molecule has 23 heavy (non-hydrogen) atoms. The average Bonchev–Trinajstić information content (AvgIpc) is 3.37. The maximum absolute atomic E-state index is 12.8. The molecule has 0 aliphatic heterocycles. The fraction of sp³-hybridized carbons (Fsp3) is 0.294. The molecular formula is C17H15F3N2O. The summed E-state index contributed by atoms with van der Waals surface area (Å²) in [6.45, 7) is 0.377. The molecule has 3 nitrogen and oxygen atoms in total. The summed E-state index contributed by atoms with van der Waals surface area (Å²) < 4.78 is 38.5. The number of alkyl halides is 3. The van der Waals surface area contributed by atoms with Crippen molar-refractivity contribution < 1.29 is 18.0 Å². The molecule has 1 aromatic heterocycles. The maximum atomic E-state index is 12.8. The van der Waals surface area contributed by atoms with E-state index in [0.717, 1.165) is 30.5 Å². The molecule has 120 valence electrons. The zero-order chi connectivity index (χ0) is 16.4. The van der Waals surface area contributed by atoms with E-state index in [1.165, 1.54) is 12.1 Å². The van der Waals surface area contributed by atoms with Crippen LogP contribution in [0.2, 0.25) is 0 Å². The summed E-state index contributed by atoms with van der Waals surface area (Å²) in [4.78, 5) is 18.2. The summed E-state index contributed by atoms with van der Waals surface area (Å²) in [5.74, 6) is -0.365. The molecule has 2 aromatic rings. The molecule has 0 unspecified atom stereocenters. The van der Waals surface area contributed by atoms with Crippen LogP contribution in [0.25, 0.3) is 0 Å². The van der Waals surface area contributed by atoms with Gasteiger partial charge in [0.15, 0.2) is 0 Å². The molecular weight excluding hydrogens is 305 g/mol. The molecule has 1 aliphatic carbocycles. The van der Waals surface area contributed by atoms with Crippen molar-refractivity contribution in [2.75, 3.05) is 0 Å². The van der Waals surface area contributed by atoms with Crippen LogP contribution >= 0.6 is 0 Å². The molecule has 1 heterocycles. The van der Waals surface area contributed by atoms with E-state index >= 15 is 0 Å². The minimum Gasteiger partial charge on any atom is -0.331 e. The lowest BCUT2D eigenvalue weighted by Crippen LogP contribution is -2.32. The first-order valence-corrected chi connectivity index (χ1v) is 7.32. The Morgan fingerprint density at radius 2 is 1.87 bits per heavy atom. The number of hydrogen-bond donors (Lipinski definition) is 0. The first-order chi connectivity index (χ1) is 10.9. The van der Waals surface area contributed by atoms with Gasteiger partial charge in [-0.05, 0) is 48.7 Å². The fourth-order valence-electron chi connectivity index (χ4n) is 2.43. The summed E-state index contributed by atoms with van der Waals surface area (Å²) in [7, 11) is 0. The summed E-state index contributed by atoms with van der Waals surface area (Å²) in [5.41, 5.74) is 0.177. The molecule has 0 N–H and O–H groups in total. The molecule has 6 heteroatoms. The second-order valence-corrected chi connectivity index (χ2v) is 5.60. The minimum atomic E-state index is -4.45. The Morgan fingerprint density at radius 3 is 2.48 bits per heavy atom. The van der Waals surface area contributed by atoms with Crippen molar-refractivity contribution in [2.24, 2.45) is 0 Å². The molecule has 1 aliphatic rings. The number of hydrogen-bond acceptors (Lipinski definition) is 2. The number of benzene rings is 1. The van der Waals surface area contributed by atoms with Crippen LogP contribution in [-0.2, 0) is 12.7 Å². The van der Waals surface area contributed by atoms with Crippen LogP contribution < -0.4 is 0 Å². The molecule has 1 aromatic carbocycles. The van der Waals surface area contributed by atoms with Gasteiger partial charge in [0.1, 0.15) is 0 Å². The van der Waals surface area contributed by atoms with Gasteiger partial charge in [0, 0.05) is 30.5 Å². The lowest BCUT2D eigenvalue weighted by molar-refractivity contribution is -0.137. The Morgan fingerprint density at radius 1 is 1.17 bits per heavy atom. The average molecular weight is 320 g/mol. The van der Waals surface area contributed by atoms with Crippen molar-refractivity contribution >= 4 is 5.91 Å². The molecule has 1 amide bonds. The van der Waals surface area contributed by atoms with Crippen LogP contribution in [0.5, 0.6) is 0 Å². The zero-order valence-electron chi connectivity index (χ0n) is 12.3. The summed E-state index contributed by atoms with van der Waals surface area (Å²) in [6, 6.07) is 8.30. The summed E-state index contributed by atoms with van der Waals surface area (Å²) in [5, 5.41) is 0. The van der Waals surface area contributed by atoms with Gasteiger partial charge in [-0.1, -0.05) is 6.07 Å². The van der Waals surface area contributed by atoms with Crippen LogP contribution in [0.15, 0.2) is 48.8 Å². The Bertz CT molecular complexity index is 696. The van der Waals surface area contributed by atoms with Gasteiger partial charge in [-0.2, -0.15) is 13.2 Å². The third-order valence-corrected chi connectivity index (χ3v) is 3.79. The normalized spacial score (nSPS) is 14.6. The van der Waals surface area contributed by atoms with Gasteiger partial charge in [0.25, 0.3) is 5.91 Å². The fourth-order valence-corrected chi connectivity index (χ4v) is 2.43. The number of rotatable bonds is 4. The maximum Gasteiger partial charge on any atom is 0.416 e. The Labute approximate surface area is 131 Å². The van der Waals surface area contributed by atoms with Crippen molar-refractivity contribution in [1.82, 2.24) is 9.88 Å². The van der Waals surface area contributed by atoms with Gasteiger partial charge >= 0.3 is 6.18 Å². The zero-order valence-corrected chi connectivity index (χ0v) is 12.3. The van der Waals surface area contributed by atoms with Gasteiger partial charge < -0.3 is 4.90 Å². The monoisotopic (exact) mass is 320 g/mol. The highest BCUT2D eigenvalue weighted by atomic mass is 19.4. The van der Waals surface area contributed by atoms with E-state index in [0.29, 0.717) is 6.54 Å². The van der Waals surface area contributed by atoms with E-state index in [1.54, 1.807) is 29.4 Å². The summed E-state index contributed by atoms with van der Waals surface area (Å²) >= 11 is 0. The van der Waals surface area contributed by atoms with Gasteiger partial charge in [-0.25, -0.2) is 0 Å².